The summed E-state index contributed by atoms with van der Waals surface area (Å²) in [5, 5.41) is 13.4. The summed E-state index contributed by atoms with van der Waals surface area (Å²) in [5.41, 5.74) is 0.612. The average molecular weight is 287 g/mol. The maximum Gasteiger partial charge on any atom is 0.309 e. The summed E-state index contributed by atoms with van der Waals surface area (Å²) in [7, 11) is 0. The topological polar surface area (TPSA) is 74.9 Å². The second-order valence-corrected chi connectivity index (χ2v) is 5.75. The largest absolute Gasteiger partial charge is 0.481 e. The molecule has 1 saturated heterocycles. The molecule has 1 fully saturated rings. The monoisotopic (exact) mass is 287 g/mol. The summed E-state index contributed by atoms with van der Waals surface area (Å²) >= 11 is 0. The highest BCUT2D eigenvalue weighted by molar-refractivity contribution is 6.00. The number of aliphatic carboxylic acids is 1. The summed E-state index contributed by atoms with van der Waals surface area (Å²) in [5.74, 6) is -0.866. The molecule has 1 amide bonds. The van der Waals surface area contributed by atoms with Gasteiger partial charge in [-0.3, -0.25) is 9.59 Å². The molecule has 0 saturated carbocycles. The summed E-state index contributed by atoms with van der Waals surface area (Å²) in [6.07, 6.45) is 4.33. The van der Waals surface area contributed by atoms with E-state index in [1.54, 1.807) is 28.7 Å². The standard InChI is InChI=1S/C15H17N3O3/c1-15(14(20)21)5-8-17(9-6-15)13(19)11-10-16-18-7-3-2-4-12(11)18/h2-4,7,10H,5-6,8-9H2,1H3,(H,20,21). The molecule has 21 heavy (non-hydrogen) atoms. The fourth-order valence-corrected chi connectivity index (χ4v) is 2.69. The van der Waals surface area contributed by atoms with Gasteiger partial charge in [0.2, 0.25) is 0 Å². The van der Waals surface area contributed by atoms with Crippen LogP contribution < -0.4 is 0 Å². The average Bonchev–Trinajstić information content (AvgIpc) is 2.91. The number of pyridine rings is 1. The van der Waals surface area contributed by atoms with Crippen molar-refractivity contribution in [3.05, 3.63) is 36.2 Å². The van der Waals surface area contributed by atoms with Gasteiger partial charge in [0.15, 0.2) is 0 Å². The van der Waals surface area contributed by atoms with Crippen LogP contribution in [0.25, 0.3) is 5.52 Å². The Bertz CT molecular complexity index is 699. The molecule has 0 unspecified atom stereocenters. The molecule has 0 spiro atoms. The Morgan fingerprint density at radius 2 is 2.00 bits per heavy atom. The SMILES string of the molecule is CC1(C(=O)O)CCN(C(=O)c2cnn3ccccc23)CC1. The minimum Gasteiger partial charge on any atom is -0.481 e. The highest BCUT2D eigenvalue weighted by Gasteiger charge is 2.38. The molecule has 2 aromatic rings. The van der Waals surface area contributed by atoms with Crippen molar-refractivity contribution >= 4 is 17.4 Å². The number of carboxylic acid groups (broad SMARTS) is 1. The highest BCUT2D eigenvalue weighted by Crippen LogP contribution is 2.31. The van der Waals surface area contributed by atoms with Crippen molar-refractivity contribution in [2.45, 2.75) is 19.8 Å². The lowest BCUT2D eigenvalue weighted by atomic mass is 9.80. The van der Waals surface area contributed by atoms with Gasteiger partial charge in [-0.15, -0.1) is 0 Å². The van der Waals surface area contributed by atoms with Crippen molar-refractivity contribution < 1.29 is 14.7 Å². The predicted molar refractivity (Wildman–Crippen MR) is 76.1 cm³/mol. The van der Waals surface area contributed by atoms with Gasteiger partial charge in [-0.1, -0.05) is 6.07 Å². The van der Waals surface area contributed by atoms with Crippen LogP contribution in [0.5, 0.6) is 0 Å². The third-order valence-corrected chi connectivity index (χ3v) is 4.33. The van der Waals surface area contributed by atoms with E-state index < -0.39 is 11.4 Å². The Morgan fingerprint density at radius 3 is 2.67 bits per heavy atom. The molecular formula is C15H17N3O3. The number of nitrogens with zero attached hydrogens (tertiary/aromatic N) is 3. The third kappa shape index (κ3) is 2.26. The molecule has 0 aromatic carbocycles. The Balaban J connectivity index is 1.80. The number of piperidine rings is 1. The fourth-order valence-electron chi connectivity index (χ4n) is 2.69. The zero-order valence-electron chi connectivity index (χ0n) is 11.8. The molecule has 1 N–H and O–H groups in total. The zero-order valence-corrected chi connectivity index (χ0v) is 11.8. The first-order valence-corrected chi connectivity index (χ1v) is 6.96. The number of rotatable bonds is 2. The molecule has 2 aromatic heterocycles. The minimum atomic E-state index is -0.786. The number of carbonyl (C=O) groups excluding carboxylic acids is 1. The van der Waals surface area contributed by atoms with Gasteiger partial charge in [0.1, 0.15) is 0 Å². The van der Waals surface area contributed by atoms with Gasteiger partial charge >= 0.3 is 5.97 Å². The Labute approximate surface area is 122 Å². The van der Waals surface area contributed by atoms with Crippen LogP contribution >= 0.6 is 0 Å². The van der Waals surface area contributed by atoms with Gasteiger partial charge in [0.25, 0.3) is 5.91 Å². The van der Waals surface area contributed by atoms with E-state index in [0.29, 0.717) is 31.5 Å². The van der Waals surface area contributed by atoms with Gasteiger partial charge < -0.3 is 10.0 Å². The van der Waals surface area contributed by atoms with E-state index in [2.05, 4.69) is 5.10 Å². The number of carbonyl (C=O) groups is 2. The van der Waals surface area contributed by atoms with Crippen molar-refractivity contribution in [3.63, 3.8) is 0 Å². The number of likely N-dealkylation sites (tertiary alicyclic amines) is 1. The Morgan fingerprint density at radius 1 is 1.29 bits per heavy atom. The summed E-state index contributed by atoms with van der Waals surface area (Å²) < 4.78 is 1.67. The normalized spacial score (nSPS) is 17.9. The van der Waals surface area contributed by atoms with Crippen molar-refractivity contribution in [2.24, 2.45) is 5.41 Å². The number of hydrogen-bond acceptors (Lipinski definition) is 3. The molecule has 0 radical (unpaired) electrons. The number of hydrogen-bond donors (Lipinski definition) is 1. The predicted octanol–water partition coefficient (Wildman–Crippen LogP) is 1.66. The quantitative estimate of drug-likeness (QED) is 0.911. The van der Waals surface area contributed by atoms with Crippen LogP contribution in [0.1, 0.15) is 30.1 Å². The van der Waals surface area contributed by atoms with Gasteiger partial charge in [-0.05, 0) is 31.9 Å². The van der Waals surface area contributed by atoms with Crippen molar-refractivity contribution in [2.75, 3.05) is 13.1 Å². The first-order valence-electron chi connectivity index (χ1n) is 6.96. The van der Waals surface area contributed by atoms with E-state index in [1.807, 2.05) is 18.2 Å². The van der Waals surface area contributed by atoms with Crippen LogP contribution in [-0.2, 0) is 4.79 Å². The molecule has 6 nitrogen and oxygen atoms in total. The number of carboxylic acids is 1. The van der Waals surface area contributed by atoms with Crippen LogP contribution in [0.2, 0.25) is 0 Å². The summed E-state index contributed by atoms with van der Waals surface area (Å²) in [6.45, 7) is 2.67. The molecule has 3 heterocycles. The van der Waals surface area contributed by atoms with Gasteiger partial charge in [-0.25, -0.2) is 4.52 Å². The molecule has 6 heteroatoms. The van der Waals surface area contributed by atoms with E-state index in [1.165, 1.54) is 0 Å². The Hall–Kier alpha value is -2.37. The minimum absolute atomic E-state index is 0.0800. The van der Waals surface area contributed by atoms with Crippen molar-refractivity contribution in [3.8, 4) is 0 Å². The van der Waals surface area contributed by atoms with E-state index in [-0.39, 0.29) is 5.91 Å². The van der Waals surface area contributed by atoms with Gasteiger partial charge in [-0.2, -0.15) is 5.10 Å². The van der Waals surface area contributed by atoms with Gasteiger partial charge in [0.05, 0.1) is 22.7 Å². The smallest absolute Gasteiger partial charge is 0.309 e. The van der Waals surface area contributed by atoms with E-state index in [9.17, 15) is 14.7 Å². The lowest BCUT2D eigenvalue weighted by Gasteiger charge is -2.36. The van der Waals surface area contributed by atoms with Crippen LogP contribution in [0.3, 0.4) is 0 Å². The highest BCUT2D eigenvalue weighted by atomic mass is 16.4. The maximum absolute atomic E-state index is 12.6. The van der Waals surface area contributed by atoms with E-state index >= 15 is 0 Å². The lowest BCUT2D eigenvalue weighted by Crippen LogP contribution is -2.45. The zero-order chi connectivity index (χ0) is 15.0. The van der Waals surface area contributed by atoms with Gasteiger partial charge in [0, 0.05) is 19.3 Å². The molecular weight excluding hydrogens is 270 g/mol. The molecule has 0 atom stereocenters. The molecule has 3 rings (SSSR count). The molecule has 0 aliphatic carbocycles. The van der Waals surface area contributed by atoms with E-state index in [4.69, 9.17) is 0 Å². The first kappa shape index (κ1) is 13.6. The third-order valence-electron chi connectivity index (χ3n) is 4.33. The fraction of sp³-hybridized carbons (Fsp3) is 0.400. The van der Waals surface area contributed by atoms with Crippen LogP contribution in [0.4, 0.5) is 0 Å². The Kier molecular flexibility index (Phi) is 3.16. The summed E-state index contributed by atoms with van der Waals surface area (Å²) in [4.78, 5) is 25.5. The van der Waals surface area contributed by atoms with Crippen molar-refractivity contribution in [1.29, 1.82) is 0 Å². The molecule has 1 aliphatic heterocycles. The van der Waals surface area contributed by atoms with E-state index in [0.717, 1.165) is 5.52 Å². The lowest BCUT2D eigenvalue weighted by molar-refractivity contribution is -0.150. The van der Waals surface area contributed by atoms with Crippen LogP contribution in [0, 0.1) is 5.41 Å². The number of aromatic nitrogens is 2. The number of amides is 1. The van der Waals surface area contributed by atoms with Crippen LogP contribution in [-0.4, -0.2) is 44.6 Å². The molecule has 0 bridgehead atoms. The summed E-state index contributed by atoms with van der Waals surface area (Å²) in [6, 6.07) is 5.57. The second kappa shape index (κ2) is 4.87. The van der Waals surface area contributed by atoms with Crippen LogP contribution in [0.15, 0.2) is 30.6 Å². The second-order valence-electron chi connectivity index (χ2n) is 5.75. The first-order chi connectivity index (χ1) is 10.0. The molecule has 1 aliphatic rings. The maximum atomic E-state index is 12.6. The molecule has 110 valence electrons. The van der Waals surface area contributed by atoms with Crippen molar-refractivity contribution in [1.82, 2.24) is 14.5 Å². The number of fused-ring (bicyclic) bond motifs is 1.